The van der Waals surface area contributed by atoms with E-state index in [4.69, 9.17) is 14.2 Å². The summed E-state index contributed by atoms with van der Waals surface area (Å²) < 4.78 is 17.5. The molecule has 30 heavy (non-hydrogen) atoms. The van der Waals surface area contributed by atoms with E-state index in [9.17, 15) is 14.7 Å². The molecule has 1 amide bonds. The molecule has 2 bridgehead atoms. The van der Waals surface area contributed by atoms with Crippen molar-refractivity contribution in [2.75, 3.05) is 5.75 Å². The van der Waals surface area contributed by atoms with Gasteiger partial charge in [-0.3, -0.25) is 4.79 Å². The first-order valence-corrected chi connectivity index (χ1v) is 11.8. The van der Waals surface area contributed by atoms with Crippen LogP contribution >= 0.6 is 11.8 Å². The van der Waals surface area contributed by atoms with E-state index in [2.05, 4.69) is 24.4 Å². The van der Waals surface area contributed by atoms with E-state index in [-0.39, 0.29) is 35.9 Å². The standard InChI is InChI=1S/C22H31NO6S/c1-13-3-6-15-10-16(11-22(26,29-15)19-12-30-21(25)23-19)27-20(24)9-14(2)5-8-18-17(28-18)7-4-13/h4,7,9,13,15-19,26H,3,5-6,8,10-12H2,1-2H3,(H,23,25)/b7-4-,14-9-. The topological polar surface area (TPSA) is 97.4 Å². The molecule has 0 aromatic rings. The number of epoxide rings is 1. The van der Waals surface area contributed by atoms with E-state index >= 15 is 0 Å². The van der Waals surface area contributed by atoms with Crippen LogP contribution in [0.1, 0.15) is 52.4 Å². The monoisotopic (exact) mass is 437 g/mol. The van der Waals surface area contributed by atoms with E-state index in [0.717, 1.165) is 43.0 Å². The van der Waals surface area contributed by atoms with Crippen LogP contribution in [0.4, 0.5) is 4.79 Å². The van der Waals surface area contributed by atoms with Crippen molar-refractivity contribution in [1.29, 1.82) is 0 Å². The Kier molecular flexibility index (Phi) is 6.58. The predicted octanol–water partition coefficient (Wildman–Crippen LogP) is 3.07. The number of amides is 1. The first-order chi connectivity index (χ1) is 14.3. The number of hydrogen-bond donors (Lipinski definition) is 2. The average Bonchev–Trinajstić information content (AvgIpc) is 3.29. The van der Waals surface area contributed by atoms with Gasteiger partial charge >= 0.3 is 5.97 Å². The van der Waals surface area contributed by atoms with Gasteiger partial charge in [0.1, 0.15) is 12.2 Å². The van der Waals surface area contributed by atoms with Crippen molar-refractivity contribution >= 4 is 23.0 Å². The quantitative estimate of drug-likeness (QED) is 0.370. The average molecular weight is 438 g/mol. The van der Waals surface area contributed by atoms with Gasteiger partial charge in [0.05, 0.1) is 18.2 Å². The molecule has 2 N–H and O–H groups in total. The van der Waals surface area contributed by atoms with Gasteiger partial charge in [0.25, 0.3) is 5.24 Å². The zero-order chi connectivity index (χ0) is 21.3. The molecule has 8 heteroatoms. The molecule has 3 saturated heterocycles. The Hall–Kier alpha value is -1.35. The van der Waals surface area contributed by atoms with Gasteiger partial charge in [-0.05, 0) is 38.5 Å². The van der Waals surface area contributed by atoms with Gasteiger partial charge in [-0.1, -0.05) is 36.4 Å². The second kappa shape index (κ2) is 9.02. The SMILES string of the molecule is C/C1=C/C(=O)OC2CC(CCC(C)/C=C\C3OC3CC1)OC(O)(C1CSC(=O)N1)C2. The molecular weight excluding hydrogens is 406 g/mol. The first-order valence-electron chi connectivity index (χ1n) is 10.9. The van der Waals surface area contributed by atoms with Crippen molar-refractivity contribution < 1.29 is 28.9 Å². The van der Waals surface area contributed by atoms with Gasteiger partial charge in [0.15, 0.2) is 5.79 Å². The van der Waals surface area contributed by atoms with E-state index < -0.39 is 17.9 Å². The van der Waals surface area contributed by atoms with Crippen LogP contribution in [-0.2, 0) is 19.0 Å². The third-order valence-corrected chi connectivity index (χ3v) is 7.18. The van der Waals surface area contributed by atoms with Gasteiger partial charge in [-0.2, -0.15) is 0 Å². The Bertz CT molecular complexity index is 739. The van der Waals surface area contributed by atoms with Crippen LogP contribution in [0.3, 0.4) is 0 Å². The number of hydrogen-bond acceptors (Lipinski definition) is 7. The number of rotatable bonds is 1. The Morgan fingerprint density at radius 3 is 2.80 bits per heavy atom. The minimum absolute atomic E-state index is 0.153. The van der Waals surface area contributed by atoms with Crippen molar-refractivity contribution in [2.24, 2.45) is 5.92 Å². The molecule has 0 aliphatic carbocycles. The van der Waals surface area contributed by atoms with Crippen LogP contribution in [0.15, 0.2) is 23.8 Å². The Morgan fingerprint density at radius 2 is 2.03 bits per heavy atom. The number of esters is 1. The van der Waals surface area contributed by atoms with Gasteiger partial charge in [0, 0.05) is 24.7 Å². The lowest BCUT2D eigenvalue weighted by atomic mass is 9.90. The number of fused-ring (bicyclic) bond motifs is 3. The molecule has 7 nitrogen and oxygen atoms in total. The van der Waals surface area contributed by atoms with Gasteiger partial charge < -0.3 is 24.6 Å². The fraction of sp³-hybridized carbons (Fsp3) is 0.727. The summed E-state index contributed by atoms with van der Waals surface area (Å²) in [5, 5.41) is 13.9. The van der Waals surface area contributed by atoms with Crippen LogP contribution in [0, 0.1) is 5.92 Å². The van der Waals surface area contributed by atoms with E-state index in [1.54, 1.807) is 0 Å². The lowest BCUT2D eigenvalue weighted by Crippen LogP contribution is -2.58. The van der Waals surface area contributed by atoms with Crippen LogP contribution in [0.25, 0.3) is 0 Å². The van der Waals surface area contributed by atoms with Crippen molar-refractivity contribution in [1.82, 2.24) is 5.32 Å². The third kappa shape index (κ3) is 5.46. The summed E-state index contributed by atoms with van der Waals surface area (Å²) in [5.41, 5.74) is 0.956. The molecular formula is C22H31NO6S. The third-order valence-electron chi connectivity index (χ3n) is 6.30. The molecule has 7 unspecified atom stereocenters. The predicted molar refractivity (Wildman–Crippen MR) is 113 cm³/mol. The summed E-state index contributed by atoms with van der Waals surface area (Å²) in [6, 6.07) is -0.511. The first kappa shape index (κ1) is 21.9. The molecule has 4 rings (SSSR count). The molecule has 0 radical (unpaired) electrons. The van der Waals surface area contributed by atoms with Crippen molar-refractivity contribution in [2.45, 2.75) is 88.6 Å². The van der Waals surface area contributed by atoms with Crippen LogP contribution in [-0.4, -0.2) is 58.3 Å². The highest BCUT2D eigenvalue weighted by atomic mass is 32.2. The number of carbonyl (C=O) groups excluding carboxylic acids is 2. The molecule has 0 spiro atoms. The summed E-state index contributed by atoms with van der Waals surface area (Å²) >= 11 is 1.13. The summed E-state index contributed by atoms with van der Waals surface area (Å²) in [5.74, 6) is -1.14. The summed E-state index contributed by atoms with van der Waals surface area (Å²) in [4.78, 5) is 24.1. The van der Waals surface area contributed by atoms with Gasteiger partial charge in [0.2, 0.25) is 0 Å². The van der Waals surface area contributed by atoms with Crippen LogP contribution in [0.5, 0.6) is 0 Å². The van der Waals surface area contributed by atoms with Gasteiger partial charge in [-0.15, -0.1) is 0 Å². The normalized spacial score (nSPS) is 45.5. The zero-order valence-corrected chi connectivity index (χ0v) is 18.4. The van der Waals surface area contributed by atoms with E-state index in [1.807, 2.05) is 6.92 Å². The summed E-state index contributed by atoms with van der Waals surface area (Å²) in [6.07, 6.45) is 9.56. The molecule has 3 fully saturated rings. The number of carbonyl (C=O) groups is 2. The number of thioether (sulfide) groups is 1. The number of nitrogens with one attached hydrogen (secondary N) is 1. The number of allylic oxidation sites excluding steroid dienone is 2. The molecule has 4 aliphatic rings. The fourth-order valence-corrected chi connectivity index (χ4v) is 5.34. The maximum atomic E-state index is 12.5. The molecule has 0 saturated carbocycles. The maximum absolute atomic E-state index is 12.5. The van der Waals surface area contributed by atoms with Crippen LogP contribution < -0.4 is 5.32 Å². The lowest BCUT2D eigenvalue weighted by molar-refractivity contribution is -0.283. The molecule has 0 aromatic carbocycles. The van der Waals surface area contributed by atoms with Crippen LogP contribution in [0.2, 0.25) is 0 Å². The molecule has 7 atom stereocenters. The summed E-state index contributed by atoms with van der Waals surface area (Å²) in [7, 11) is 0. The maximum Gasteiger partial charge on any atom is 0.330 e. The Labute approximate surface area is 181 Å². The molecule has 166 valence electrons. The van der Waals surface area contributed by atoms with E-state index in [1.165, 1.54) is 6.08 Å². The molecule has 4 heterocycles. The van der Waals surface area contributed by atoms with E-state index in [0.29, 0.717) is 18.1 Å². The Morgan fingerprint density at radius 1 is 1.20 bits per heavy atom. The van der Waals surface area contributed by atoms with Crippen molar-refractivity contribution in [3.05, 3.63) is 23.8 Å². The number of ether oxygens (including phenoxy) is 3. The van der Waals surface area contributed by atoms with Gasteiger partial charge in [-0.25, -0.2) is 4.79 Å². The van der Waals surface area contributed by atoms with Crippen molar-refractivity contribution in [3.8, 4) is 0 Å². The highest BCUT2D eigenvalue weighted by Gasteiger charge is 2.49. The number of aliphatic hydroxyl groups is 1. The molecule has 4 aliphatic heterocycles. The largest absolute Gasteiger partial charge is 0.459 e. The highest BCUT2D eigenvalue weighted by molar-refractivity contribution is 8.14. The highest BCUT2D eigenvalue weighted by Crippen LogP contribution is 2.37. The second-order valence-electron chi connectivity index (χ2n) is 8.99. The minimum atomic E-state index is -1.54. The molecule has 0 aromatic heterocycles. The second-order valence-corrected chi connectivity index (χ2v) is 9.98. The summed E-state index contributed by atoms with van der Waals surface area (Å²) in [6.45, 7) is 4.08. The zero-order valence-electron chi connectivity index (χ0n) is 17.5. The Balaban J connectivity index is 1.50. The minimum Gasteiger partial charge on any atom is -0.459 e. The fourth-order valence-electron chi connectivity index (χ4n) is 4.45. The lowest BCUT2D eigenvalue weighted by Gasteiger charge is -2.43. The van der Waals surface area contributed by atoms with Crippen molar-refractivity contribution in [3.63, 3.8) is 0 Å². The smallest absolute Gasteiger partial charge is 0.330 e.